The number of halogens is 1. The van der Waals surface area contributed by atoms with Crippen molar-refractivity contribution in [3.8, 4) is 11.1 Å². The zero-order valence-electron chi connectivity index (χ0n) is 12.7. The average Bonchev–Trinajstić information content (AvgIpc) is 2.49. The van der Waals surface area contributed by atoms with Crippen LogP contribution in [-0.4, -0.2) is 14.5 Å². The van der Waals surface area contributed by atoms with Gasteiger partial charge in [0.1, 0.15) is 11.5 Å². The lowest BCUT2D eigenvalue weighted by Crippen LogP contribution is -2.25. The maximum atomic E-state index is 13.4. The molecule has 3 aromatic rings. The fourth-order valence-corrected chi connectivity index (χ4v) is 2.53. The molecule has 1 aromatic carbocycles. The van der Waals surface area contributed by atoms with E-state index >= 15 is 0 Å². The highest BCUT2D eigenvalue weighted by atomic mass is 19.1. The molecule has 0 unspecified atom stereocenters. The van der Waals surface area contributed by atoms with Gasteiger partial charge in [0.25, 0.3) is 5.56 Å². The quantitative estimate of drug-likeness (QED) is 0.707. The molecule has 118 valence electrons. The van der Waals surface area contributed by atoms with Gasteiger partial charge in [0, 0.05) is 23.2 Å². The summed E-state index contributed by atoms with van der Waals surface area (Å²) in [5.41, 5.74) is 12.4. The van der Waals surface area contributed by atoms with Crippen LogP contribution in [-0.2, 0) is 0 Å². The standard InChI is InChI=1S/C16H16FN5O/c1-8(2)22-14-10(7-20-16(19)21-14)5-11(15(22)23)9-3-4-12(17)13(18)6-9/h3-8H,18H2,1-2H3,(H2,19,20,21). The molecule has 0 atom stereocenters. The van der Waals surface area contributed by atoms with Crippen molar-refractivity contribution in [1.82, 2.24) is 14.5 Å². The summed E-state index contributed by atoms with van der Waals surface area (Å²) in [4.78, 5) is 21.0. The Bertz CT molecular complexity index is 965. The number of nitrogens with zero attached hydrogens (tertiary/aromatic N) is 3. The minimum Gasteiger partial charge on any atom is -0.396 e. The highest BCUT2D eigenvalue weighted by Gasteiger charge is 2.15. The smallest absolute Gasteiger partial charge is 0.260 e. The van der Waals surface area contributed by atoms with Crippen molar-refractivity contribution in [2.75, 3.05) is 11.5 Å². The van der Waals surface area contributed by atoms with Crippen molar-refractivity contribution < 1.29 is 4.39 Å². The van der Waals surface area contributed by atoms with Gasteiger partial charge in [-0.2, -0.15) is 4.98 Å². The largest absolute Gasteiger partial charge is 0.396 e. The Hall–Kier alpha value is -2.96. The second-order valence-electron chi connectivity index (χ2n) is 5.57. The number of fused-ring (bicyclic) bond motifs is 1. The molecule has 0 radical (unpaired) electrons. The number of pyridine rings is 1. The third kappa shape index (κ3) is 2.50. The lowest BCUT2D eigenvalue weighted by molar-refractivity contribution is 0.596. The van der Waals surface area contributed by atoms with E-state index < -0.39 is 5.82 Å². The number of hydrogen-bond acceptors (Lipinski definition) is 5. The van der Waals surface area contributed by atoms with E-state index in [1.165, 1.54) is 18.2 Å². The maximum absolute atomic E-state index is 13.4. The molecule has 0 saturated heterocycles. The molecule has 0 fully saturated rings. The second kappa shape index (κ2) is 5.35. The average molecular weight is 313 g/mol. The number of rotatable bonds is 2. The van der Waals surface area contributed by atoms with Crippen LogP contribution in [0.15, 0.2) is 35.3 Å². The number of nitrogen functional groups attached to an aromatic ring is 2. The Kier molecular flexibility index (Phi) is 3.48. The highest BCUT2D eigenvalue weighted by molar-refractivity contribution is 5.82. The molecular formula is C16H16FN5O. The van der Waals surface area contributed by atoms with Crippen LogP contribution < -0.4 is 17.0 Å². The molecule has 6 nitrogen and oxygen atoms in total. The molecule has 0 bridgehead atoms. The molecule has 0 saturated carbocycles. The number of nitrogens with two attached hydrogens (primary N) is 2. The van der Waals surface area contributed by atoms with Crippen molar-refractivity contribution in [3.05, 3.63) is 46.6 Å². The first kappa shape index (κ1) is 15.0. The van der Waals surface area contributed by atoms with Gasteiger partial charge in [0.05, 0.1) is 5.69 Å². The van der Waals surface area contributed by atoms with Crippen molar-refractivity contribution in [3.63, 3.8) is 0 Å². The Morgan fingerprint density at radius 1 is 1.22 bits per heavy atom. The van der Waals surface area contributed by atoms with E-state index in [-0.39, 0.29) is 23.2 Å². The zero-order chi connectivity index (χ0) is 16.7. The van der Waals surface area contributed by atoms with Crippen LogP contribution in [0.1, 0.15) is 19.9 Å². The van der Waals surface area contributed by atoms with Crippen LogP contribution >= 0.6 is 0 Å². The van der Waals surface area contributed by atoms with E-state index in [1.54, 1.807) is 16.8 Å². The van der Waals surface area contributed by atoms with E-state index in [2.05, 4.69) is 9.97 Å². The summed E-state index contributed by atoms with van der Waals surface area (Å²) in [7, 11) is 0. The number of anilines is 2. The molecule has 2 aromatic heterocycles. The van der Waals surface area contributed by atoms with E-state index in [9.17, 15) is 9.18 Å². The molecule has 3 rings (SSSR count). The Labute approximate surface area is 131 Å². The van der Waals surface area contributed by atoms with Crippen LogP contribution in [0.5, 0.6) is 0 Å². The molecule has 7 heteroatoms. The first-order valence-electron chi connectivity index (χ1n) is 7.11. The summed E-state index contributed by atoms with van der Waals surface area (Å²) < 4.78 is 14.9. The van der Waals surface area contributed by atoms with Crippen LogP contribution in [0, 0.1) is 5.82 Å². The minimum atomic E-state index is -0.519. The summed E-state index contributed by atoms with van der Waals surface area (Å²) in [5.74, 6) is -0.417. The third-order valence-electron chi connectivity index (χ3n) is 3.62. The topological polar surface area (TPSA) is 99.8 Å². The van der Waals surface area contributed by atoms with Crippen molar-refractivity contribution in [2.24, 2.45) is 0 Å². The van der Waals surface area contributed by atoms with Gasteiger partial charge >= 0.3 is 0 Å². The van der Waals surface area contributed by atoms with E-state index in [0.29, 0.717) is 22.2 Å². The Morgan fingerprint density at radius 2 is 1.96 bits per heavy atom. The summed E-state index contributed by atoms with van der Waals surface area (Å²) in [5, 5.41) is 0.672. The molecule has 0 aliphatic rings. The molecule has 0 spiro atoms. The summed E-state index contributed by atoms with van der Waals surface area (Å²) >= 11 is 0. The number of aromatic nitrogens is 3. The number of hydrogen-bond donors (Lipinski definition) is 2. The normalized spacial score (nSPS) is 11.3. The molecular weight excluding hydrogens is 297 g/mol. The van der Waals surface area contributed by atoms with Gasteiger partial charge in [-0.3, -0.25) is 9.36 Å². The molecule has 4 N–H and O–H groups in total. The van der Waals surface area contributed by atoms with Crippen LogP contribution in [0.3, 0.4) is 0 Å². The van der Waals surface area contributed by atoms with Gasteiger partial charge in [0.15, 0.2) is 0 Å². The molecule has 23 heavy (non-hydrogen) atoms. The Morgan fingerprint density at radius 3 is 2.61 bits per heavy atom. The van der Waals surface area contributed by atoms with Crippen LogP contribution in [0.2, 0.25) is 0 Å². The zero-order valence-corrected chi connectivity index (χ0v) is 12.7. The lowest BCUT2D eigenvalue weighted by atomic mass is 10.0. The van der Waals surface area contributed by atoms with Crippen molar-refractivity contribution in [1.29, 1.82) is 0 Å². The van der Waals surface area contributed by atoms with E-state index in [4.69, 9.17) is 11.5 Å². The number of benzene rings is 1. The van der Waals surface area contributed by atoms with Gasteiger partial charge in [-0.1, -0.05) is 6.07 Å². The van der Waals surface area contributed by atoms with Gasteiger partial charge in [-0.05, 0) is 37.6 Å². The minimum absolute atomic E-state index is 0.00773. The monoisotopic (exact) mass is 313 g/mol. The van der Waals surface area contributed by atoms with E-state index in [1.807, 2.05) is 13.8 Å². The summed E-state index contributed by atoms with van der Waals surface area (Å²) in [6.45, 7) is 3.75. The van der Waals surface area contributed by atoms with Crippen molar-refractivity contribution >= 4 is 22.7 Å². The lowest BCUT2D eigenvalue weighted by Gasteiger charge is -2.15. The predicted molar refractivity (Wildman–Crippen MR) is 88.4 cm³/mol. The van der Waals surface area contributed by atoms with Gasteiger partial charge < -0.3 is 11.5 Å². The third-order valence-corrected chi connectivity index (χ3v) is 3.62. The van der Waals surface area contributed by atoms with Gasteiger partial charge in [-0.15, -0.1) is 0 Å². The molecule has 0 amide bonds. The Balaban J connectivity index is 2.38. The van der Waals surface area contributed by atoms with Crippen molar-refractivity contribution in [2.45, 2.75) is 19.9 Å². The SMILES string of the molecule is CC(C)n1c(=O)c(-c2ccc(F)c(N)c2)cc2cnc(N)nc21. The van der Waals surface area contributed by atoms with Crippen LogP contribution in [0.4, 0.5) is 16.0 Å². The summed E-state index contributed by atoms with van der Waals surface area (Å²) in [6.07, 6.45) is 1.56. The maximum Gasteiger partial charge on any atom is 0.260 e. The van der Waals surface area contributed by atoms with Gasteiger partial charge in [0.2, 0.25) is 5.95 Å². The summed E-state index contributed by atoms with van der Waals surface area (Å²) in [6, 6.07) is 5.76. The van der Waals surface area contributed by atoms with Gasteiger partial charge in [-0.25, -0.2) is 9.37 Å². The second-order valence-corrected chi connectivity index (χ2v) is 5.57. The van der Waals surface area contributed by atoms with E-state index in [0.717, 1.165) is 0 Å². The molecule has 2 heterocycles. The predicted octanol–water partition coefficient (Wildman–Crippen LogP) is 2.34. The van der Waals surface area contributed by atoms with Crippen LogP contribution in [0.25, 0.3) is 22.2 Å². The fraction of sp³-hybridized carbons (Fsp3) is 0.188. The highest BCUT2D eigenvalue weighted by Crippen LogP contribution is 2.24. The first-order valence-corrected chi connectivity index (χ1v) is 7.11. The fourth-order valence-electron chi connectivity index (χ4n) is 2.53. The molecule has 0 aliphatic heterocycles. The molecule has 0 aliphatic carbocycles. The first-order chi connectivity index (χ1) is 10.9.